The molecule has 0 radical (unpaired) electrons. The van der Waals surface area contributed by atoms with Crippen molar-refractivity contribution in [1.29, 1.82) is 0 Å². The first kappa shape index (κ1) is 15.6. The fraction of sp³-hybridized carbons (Fsp3) is 0.467. The van der Waals surface area contributed by atoms with Crippen molar-refractivity contribution in [2.45, 2.75) is 32.7 Å². The summed E-state index contributed by atoms with van der Waals surface area (Å²) in [7, 11) is 1.97. The van der Waals surface area contributed by atoms with E-state index in [2.05, 4.69) is 4.98 Å². The number of esters is 1. The number of ether oxygens (including phenoxy) is 1. The molecule has 2 heterocycles. The molecule has 0 aliphatic rings. The average Bonchev–Trinajstić information content (AvgIpc) is 3.09. The standard InChI is InChI=1S/C15H20N2O3S/c1-5-20-13(18)15(2,3)12-10-21-14(16-12)17(4)8-11-6-7-19-9-11/h6-7,9-10H,5,8H2,1-4H3. The minimum atomic E-state index is -0.735. The summed E-state index contributed by atoms with van der Waals surface area (Å²) in [6.45, 7) is 6.56. The van der Waals surface area contributed by atoms with Crippen LogP contribution in [0.3, 0.4) is 0 Å². The van der Waals surface area contributed by atoms with Gasteiger partial charge < -0.3 is 14.1 Å². The van der Waals surface area contributed by atoms with Gasteiger partial charge >= 0.3 is 5.97 Å². The van der Waals surface area contributed by atoms with Crippen LogP contribution in [0.4, 0.5) is 5.13 Å². The largest absolute Gasteiger partial charge is 0.472 e. The quantitative estimate of drug-likeness (QED) is 0.767. The maximum atomic E-state index is 12.0. The topological polar surface area (TPSA) is 55.6 Å². The number of aromatic nitrogens is 1. The molecule has 0 aliphatic carbocycles. The highest BCUT2D eigenvalue weighted by Gasteiger charge is 2.34. The highest BCUT2D eigenvalue weighted by atomic mass is 32.1. The Balaban J connectivity index is 2.11. The maximum Gasteiger partial charge on any atom is 0.317 e. The molecule has 0 amide bonds. The van der Waals surface area contributed by atoms with Gasteiger partial charge in [0.2, 0.25) is 0 Å². The Morgan fingerprint density at radius 2 is 2.29 bits per heavy atom. The first-order valence-electron chi connectivity index (χ1n) is 6.80. The van der Waals surface area contributed by atoms with Crippen LogP contribution in [0.1, 0.15) is 32.0 Å². The highest BCUT2D eigenvalue weighted by molar-refractivity contribution is 7.13. The molecule has 2 aromatic rings. The van der Waals surface area contributed by atoms with Gasteiger partial charge in [-0.1, -0.05) is 0 Å². The molecule has 5 nitrogen and oxygen atoms in total. The fourth-order valence-electron chi connectivity index (χ4n) is 1.87. The van der Waals surface area contributed by atoms with E-state index in [4.69, 9.17) is 9.15 Å². The molecule has 2 rings (SSSR count). The molecule has 6 heteroatoms. The Kier molecular flexibility index (Phi) is 4.67. The van der Waals surface area contributed by atoms with E-state index in [1.807, 2.05) is 37.2 Å². The molecule has 2 aromatic heterocycles. The second kappa shape index (κ2) is 6.30. The van der Waals surface area contributed by atoms with Crippen LogP contribution in [-0.4, -0.2) is 24.6 Å². The summed E-state index contributed by atoms with van der Waals surface area (Å²) >= 11 is 1.52. The molecule has 0 unspecified atom stereocenters. The minimum absolute atomic E-state index is 0.251. The molecule has 0 N–H and O–H groups in total. The highest BCUT2D eigenvalue weighted by Crippen LogP contribution is 2.30. The van der Waals surface area contributed by atoms with Crippen molar-refractivity contribution in [3.63, 3.8) is 0 Å². The summed E-state index contributed by atoms with van der Waals surface area (Å²) in [6, 6.07) is 1.92. The Labute approximate surface area is 128 Å². The van der Waals surface area contributed by atoms with Gasteiger partial charge in [-0.25, -0.2) is 4.98 Å². The lowest BCUT2D eigenvalue weighted by Gasteiger charge is -2.20. The van der Waals surface area contributed by atoms with Crippen LogP contribution >= 0.6 is 11.3 Å². The number of thiazole rings is 1. The van der Waals surface area contributed by atoms with Crippen LogP contribution in [0, 0.1) is 0 Å². The van der Waals surface area contributed by atoms with Crippen molar-refractivity contribution < 1.29 is 13.9 Å². The molecule has 0 aromatic carbocycles. The van der Waals surface area contributed by atoms with Gasteiger partial charge in [-0.15, -0.1) is 11.3 Å². The van der Waals surface area contributed by atoms with Gasteiger partial charge in [0.05, 0.1) is 24.8 Å². The zero-order valence-corrected chi connectivity index (χ0v) is 13.6. The molecule has 0 fully saturated rings. The predicted molar refractivity (Wildman–Crippen MR) is 82.6 cm³/mol. The van der Waals surface area contributed by atoms with Crippen LogP contribution in [0.25, 0.3) is 0 Å². The Morgan fingerprint density at radius 3 is 2.90 bits per heavy atom. The van der Waals surface area contributed by atoms with Gasteiger partial charge in [-0.3, -0.25) is 4.79 Å². The zero-order valence-electron chi connectivity index (χ0n) is 12.8. The smallest absolute Gasteiger partial charge is 0.317 e. The molecule has 0 aliphatic heterocycles. The first-order chi connectivity index (χ1) is 9.95. The Bertz CT molecular complexity index is 590. The summed E-state index contributed by atoms with van der Waals surface area (Å²) in [6.07, 6.45) is 3.37. The Hall–Kier alpha value is -1.82. The average molecular weight is 308 g/mol. The summed E-state index contributed by atoms with van der Waals surface area (Å²) in [5.74, 6) is -0.251. The number of furan rings is 1. The van der Waals surface area contributed by atoms with Crippen molar-refractivity contribution in [3.05, 3.63) is 35.2 Å². The number of nitrogens with zero attached hydrogens (tertiary/aromatic N) is 2. The van der Waals surface area contributed by atoms with E-state index in [1.54, 1.807) is 19.5 Å². The van der Waals surface area contributed by atoms with Crippen LogP contribution in [0.5, 0.6) is 0 Å². The zero-order chi connectivity index (χ0) is 15.5. The maximum absolute atomic E-state index is 12.0. The molecule has 0 saturated carbocycles. The number of carbonyl (C=O) groups is 1. The van der Waals surface area contributed by atoms with Gasteiger partial charge in [-0.05, 0) is 26.8 Å². The molecular weight excluding hydrogens is 288 g/mol. The minimum Gasteiger partial charge on any atom is -0.472 e. The van der Waals surface area contributed by atoms with Crippen LogP contribution in [0.2, 0.25) is 0 Å². The molecule has 0 saturated heterocycles. The third kappa shape index (κ3) is 3.44. The summed E-state index contributed by atoms with van der Waals surface area (Å²) < 4.78 is 10.2. The van der Waals surface area contributed by atoms with Gasteiger partial charge in [0.1, 0.15) is 5.41 Å². The molecule has 0 spiro atoms. The third-order valence-corrected chi connectivity index (χ3v) is 4.20. The van der Waals surface area contributed by atoms with E-state index in [1.165, 1.54) is 11.3 Å². The number of carbonyl (C=O) groups excluding carboxylic acids is 1. The molecule has 0 atom stereocenters. The number of anilines is 1. The van der Waals surface area contributed by atoms with Crippen molar-refractivity contribution in [2.24, 2.45) is 0 Å². The van der Waals surface area contributed by atoms with Gasteiger partial charge in [0.25, 0.3) is 0 Å². The van der Waals surface area contributed by atoms with Crippen molar-refractivity contribution in [1.82, 2.24) is 4.98 Å². The van der Waals surface area contributed by atoms with E-state index in [9.17, 15) is 4.79 Å². The van der Waals surface area contributed by atoms with E-state index >= 15 is 0 Å². The molecule has 21 heavy (non-hydrogen) atoms. The summed E-state index contributed by atoms with van der Waals surface area (Å²) in [5.41, 5.74) is 1.08. The molecule has 0 bridgehead atoms. The van der Waals surface area contributed by atoms with Crippen LogP contribution < -0.4 is 4.90 Å². The van der Waals surface area contributed by atoms with E-state index < -0.39 is 5.41 Å². The fourth-order valence-corrected chi connectivity index (χ4v) is 2.83. The molecular formula is C15H20N2O3S. The van der Waals surface area contributed by atoms with Gasteiger partial charge in [0.15, 0.2) is 5.13 Å². The number of hydrogen-bond acceptors (Lipinski definition) is 6. The van der Waals surface area contributed by atoms with Gasteiger partial charge in [-0.2, -0.15) is 0 Å². The van der Waals surface area contributed by atoms with Crippen molar-refractivity contribution >= 4 is 22.4 Å². The second-order valence-corrected chi connectivity index (χ2v) is 6.19. The van der Waals surface area contributed by atoms with E-state index in [0.717, 1.165) is 16.4 Å². The van der Waals surface area contributed by atoms with Crippen molar-refractivity contribution in [2.75, 3.05) is 18.6 Å². The monoisotopic (exact) mass is 308 g/mol. The van der Waals surface area contributed by atoms with Crippen LogP contribution in [-0.2, 0) is 21.5 Å². The number of hydrogen-bond donors (Lipinski definition) is 0. The summed E-state index contributed by atoms with van der Waals surface area (Å²) in [5, 5.41) is 2.78. The van der Waals surface area contributed by atoms with Crippen LogP contribution in [0.15, 0.2) is 28.4 Å². The normalized spacial score (nSPS) is 11.4. The lowest BCUT2D eigenvalue weighted by molar-refractivity contribution is -0.148. The predicted octanol–water partition coefficient (Wildman–Crippen LogP) is 3.21. The molecule has 114 valence electrons. The SMILES string of the molecule is CCOC(=O)C(C)(C)c1csc(N(C)Cc2ccoc2)n1. The number of rotatable bonds is 6. The lowest BCUT2D eigenvalue weighted by atomic mass is 9.90. The Morgan fingerprint density at radius 1 is 1.52 bits per heavy atom. The third-order valence-electron chi connectivity index (χ3n) is 3.24. The second-order valence-electron chi connectivity index (χ2n) is 5.35. The van der Waals surface area contributed by atoms with Gasteiger partial charge in [0, 0.05) is 24.5 Å². The van der Waals surface area contributed by atoms with E-state index in [0.29, 0.717) is 13.2 Å². The lowest BCUT2D eigenvalue weighted by Crippen LogP contribution is -2.31. The summed E-state index contributed by atoms with van der Waals surface area (Å²) in [4.78, 5) is 18.6. The van der Waals surface area contributed by atoms with E-state index in [-0.39, 0.29) is 5.97 Å². The first-order valence-corrected chi connectivity index (χ1v) is 7.68. The van der Waals surface area contributed by atoms with Crippen molar-refractivity contribution in [3.8, 4) is 0 Å².